The molecule has 10 radical (unpaired) electrons. The number of fused-ring (bicyclic) bond motifs is 6. The quantitative estimate of drug-likeness (QED) is 0.351. The molecular formula is C36H40B5N3. The summed E-state index contributed by atoms with van der Waals surface area (Å²) in [7, 11) is 32.3. The molecule has 0 N–H and O–H groups in total. The highest BCUT2D eigenvalue weighted by atomic mass is 15.4. The number of hydrogen-bond acceptors (Lipinski definition) is 2. The summed E-state index contributed by atoms with van der Waals surface area (Å²) in [4.78, 5) is 7.43. The second kappa shape index (κ2) is 9.40. The molecule has 0 amide bonds. The lowest BCUT2D eigenvalue weighted by atomic mass is 9.61. The third-order valence-electron chi connectivity index (χ3n) is 10.4. The van der Waals surface area contributed by atoms with E-state index >= 15 is 0 Å². The van der Waals surface area contributed by atoms with Crippen LogP contribution < -0.4 is 32.2 Å². The van der Waals surface area contributed by atoms with E-state index in [2.05, 4.69) is 115 Å². The minimum absolute atomic E-state index is 0.108. The Morgan fingerprint density at radius 2 is 1.18 bits per heavy atom. The van der Waals surface area contributed by atoms with Crippen LogP contribution in [0.5, 0.6) is 0 Å². The Kier molecular flexibility index (Phi) is 6.67. The van der Waals surface area contributed by atoms with Crippen LogP contribution in [0.15, 0.2) is 36.4 Å². The second-order valence-corrected chi connectivity index (χ2v) is 16.6. The number of rotatable bonds is 3. The largest absolute Gasteiger partial charge is 0.305 e. The van der Waals surface area contributed by atoms with Gasteiger partial charge in [-0.25, -0.2) is 4.98 Å². The molecule has 8 heteroatoms. The Morgan fingerprint density at radius 1 is 0.659 bits per heavy atom. The molecule has 0 bridgehead atoms. The third kappa shape index (κ3) is 4.18. The number of benzene rings is 3. The molecule has 214 valence electrons. The van der Waals surface area contributed by atoms with Gasteiger partial charge in [0.25, 0.3) is 0 Å². The van der Waals surface area contributed by atoms with E-state index in [4.69, 9.17) is 44.2 Å². The summed E-state index contributed by atoms with van der Waals surface area (Å²) in [5.41, 5.74) is 8.38. The zero-order valence-electron chi connectivity index (χ0n) is 28.1. The first-order valence-corrected chi connectivity index (χ1v) is 15.6. The molecule has 2 heterocycles. The van der Waals surface area contributed by atoms with Gasteiger partial charge < -0.3 is 9.47 Å². The lowest BCUT2D eigenvalue weighted by molar-refractivity contribution is 0.214. The highest BCUT2D eigenvalue weighted by molar-refractivity contribution is 6.68. The molecular weight excluding hydrogens is 528 g/mol. The molecule has 0 atom stereocenters. The average Bonchev–Trinajstić information content (AvgIpc) is 3.43. The van der Waals surface area contributed by atoms with E-state index in [9.17, 15) is 0 Å². The molecule has 3 aromatic carbocycles. The highest BCUT2D eigenvalue weighted by Crippen LogP contribution is 2.59. The van der Waals surface area contributed by atoms with Crippen LogP contribution in [-0.4, -0.2) is 54.3 Å². The normalized spacial score (nSPS) is 18.0. The van der Waals surface area contributed by atoms with E-state index in [1.807, 2.05) is 0 Å². The molecule has 4 aromatic rings. The van der Waals surface area contributed by atoms with E-state index < -0.39 is 11.1 Å². The van der Waals surface area contributed by atoms with Gasteiger partial charge in [-0.15, -0.1) is 16.4 Å². The summed E-state index contributed by atoms with van der Waals surface area (Å²) < 4.78 is 2.35. The van der Waals surface area contributed by atoms with Crippen LogP contribution in [0, 0.1) is 10.8 Å². The Bertz CT molecular complexity index is 1810. The van der Waals surface area contributed by atoms with Crippen molar-refractivity contribution in [2.75, 3.05) is 4.90 Å². The maximum Gasteiger partial charge on any atom is 0.212 e. The van der Waals surface area contributed by atoms with Crippen LogP contribution in [0.1, 0.15) is 93.2 Å². The van der Waals surface area contributed by atoms with Crippen molar-refractivity contribution in [1.29, 1.82) is 0 Å². The highest BCUT2D eigenvalue weighted by Gasteiger charge is 2.55. The molecule has 6 rings (SSSR count). The molecule has 1 aromatic heterocycles. The van der Waals surface area contributed by atoms with Gasteiger partial charge in [0.05, 0.1) is 22.1 Å². The first-order chi connectivity index (χ1) is 20.1. The van der Waals surface area contributed by atoms with Crippen molar-refractivity contribution in [2.45, 2.75) is 98.6 Å². The summed E-state index contributed by atoms with van der Waals surface area (Å²) in [6, 6.07) is 13.7. The second-order valence-electron chi connectivity index (χ2n) is 16.6. The standard InChI is InChI=1S/C36H40B5N3/c1-32(2,3)17-36(18-33(4,5)6)21-14-12-11-13-19(21)20-15-23-24(16-22(20)36)43-31(42-23)44(35(9,10)34(43,7)8)30-28(40)26(38)25(37)27(39)29(30)41/h11-16H,17-18H2,1-10H3. The monoisotopic (exact) mass is 569 g/mol. The molecule has 2 aliphatic rings. The van der Waals surface area contributed by atoms with Gasteiger partial charge in [0.2, 0.25) is 5.95 Å². The first-order valence-electron chi connectivity index (χ1n) is 15.6. The summed E-state index contributed by atoms with van der Waals surface area (Å²) in [6.07, 6.45) is 2.07. The Morgan fingerprint density at radius 3 is 1.73 bits per heavy atom. The lowest BCUT2D eigenvalue weighted by Crippen LogP contribution is -2.59. The Hall–Kier alpha value is -2.75. The van der Waals surface area contributed by atoms with Crippen LogP contribution in [0.4, 0.5) is 11.6 Å². The minimum Gasteiger partial charge on any atom is -0.305 e. The van der Waals surface area contributed by atoms with Crippen LogP contribution in [-0.2, 0) is 11.0 Å². The fourth-order valence-electron chi connectivity index (χ4n) is 8.22. The zero-order valence-corrected chi connectivity index (χ0v) is 28.1. The Balaban J connectivity index is 1.70. The molecule has 1 aliphatic carbocycles. The van der Waals surface area contributed by atoms with Gasteiger partial charge in [0, 0.05) is 11.1 Å². The molecule has 1 aliphatic heterocycles. The van der Waals surface area contributed by atoms with Gasteiger partial charge in [0.15, 0.2) is 0 Å². The first kappa shape index (κ1) is 31.2. The van der Waals surface area contributed by atoms with Crippen molar-refractivity contribution in [3.8, 4) is 11.1 Å². The summed E-state index contributed by atoms with van der Waals surface area (Å²) in [6.45, 7) is 23.0. The van der Waals surface area contributed by atoms with Crippen molar-refractivity contribution in [1.82, 2.24) is 9.55 Å². The fourth-order valence-corrected chi connectivity index (χ4v) is 8.22. The molecule has 3 nitrogen and oxygen atoms in total. The molecule has 0 unspecified atom stereocenters. The van der Waals surface area contributed by atoms with Crippen molar-refractivity contribution in [3.63, 3.8) is 0 Å². The summed E-state index contributed by atoms with van der Waals surface area (Å²) in [5.74, 6) is 0.756. The average molecular weight is 569 g/mol. The van der Waals surface area contributed by atoms with Crippen LogP contribution in [0.25, 0.3) is 22.2 Å². The third-order valence-corrected chi connectivity index (χ3v) is 10.4. The van der Waals surface area contributed by atoms with E-state index in [0.717, 1.165) is 29.8 Å². The van der Waals surface area contributed by atoms with E-state index in [0.29, 0.717) is 16.6 Å². The van der Waals surface area contributed by atoms with Crippen molar-refractivity contribution < 1.29 is 0 Å². The van der Waals surface area contributed by atoms with E-state index in [-0.39, 0.29) is 32.6 Å². The fraction of sp³-hybridized carbons (Fsp3) is 0.472. The van der Waals surface area contributed by atoms with Crippen LogP contribution in [0.2, 0.25) is 0 Å². The smallest absolute Gasteiger partial charge is 0.212 e. The number of nitrogens with zero attached hydrogens (tertiary/aromatic N) is 3. The van der Waals surface area contributed by atoms with Gasteiger partial charge in [-0.05, 0) is 85.8 Å². The maximum atomic E-state index is 6.66. The minimum atomic E-state index is -0.503. The van der Waals surface area contributed by atoms with Crippen molar-refractivity contribution >= 4 is 89.2 Å². The van der Waals surface area contributed by atoms with E-state index in [1.54, 1.807) is 0 Å². The zero-order chi connectivity index (χ0) is 32.5. The summed E-state index contributed by atoms with van der Waals surface area (Å²) in [5, 5.41) is 0. The van der Waals surface area contributed by atoms with Crippen molar-refractivity contribution in [2.24, 2.45) is 10.8 Å². The molecule has 0 saturated carbocycles. The van der Waals surface area contributed by atoms with Gasteiger partial charge in [-0.2, -0.15) is 0 Å². The van der Waals surface area contributed by atoms with Gasteiger partial charge >= 0.3 is 0 Å². The molecule has 0 fully saturated rings. The summed E-state index contributed by atoms with van der Waals surface area (Å²) >= 11 is 0. The van der Waals surface area contributed by atoms with E-state index in [1.165, 1.54) is 22.3 Å². The molecule has 0 saturated heterocycles. The predicted octanol–water partition coefficient (Wildman–Crippen LogP) is 3.81. The molecule has 0 spiro atoms. The number of anilines is 2. The SMILES string of the molecule is [B]c1c([B])c([B])c(N2c3nc4cc5c(cc4n3C(C)(C)C2(C)C)C(CC(C)(C)C)(CC(C)(C)C)c2ccccc2-5)c([B])c1[B]. The lowest BCUT2D eigenvalue weighted by Gasteiger charge is -2.44. The topological polar surface area (TPSA) is 21.1 Å². The Labute approximate surface area is 271 Å². The van der Waals surface area contributed by atoms with Crippen LogP contribution in [0.3, 0.4) is 0 Å². The van der Waals surface area contributed by atoms with Gasteiger partial charge in [-0.3, -0.25) is 0 Å². The number of aromatic nitrogens is 2. The molecule has 44 heavy (non-hydrogen) atoms. The number of hydrogen-bond donors (Lipinski definition) is 0. The van der Waals surface area contributed by atoms with Gasteiger partial charge in [0.1, 0.15) is 39.2 Å². The number of imidazole rings is 1. The predicted molar refractivity (Wildman–Crippen MR) is 193 cm³/mol. The maximum absolute atomic E-state index is 6.66. The van der Waals surface area contributed by atoms with Gasteiger partial charge in [-0.1, -0.05) is 76.7 Å². The van der Waals surface area contributed by atoms with Crippen molar-refractivity contribution in [3.05, 3.63) is 47.5 Å². The van der Waals surface area contributed by atoms with Crippen LogP contribution >= 0.6 is 0 Å².